The second-order valence-corrected chi connectivity index (χ2v) is 7.45. The van der Waals surface area contributed by atoms with Crippen molar-refractivity contribution in [3.63, 3.8) is 0 Å². The average Bonchev–Trinajstić information content (AvgIpc) is 2.85. The van der Waals surface area contributed by atoms with E-state index in [9.17, 15) is 8.42 Å². The van der Waals surface area contributed by atoms with Crippen molar-refractivity contribution in [1.82, 2.24) is 4.72 Å². The molecule has 0 atom stereocenters. The van der Waals surface area contributed by atoms with Gasteiger partial charge in [0.2, 0.25) is 0 Å². The summed E-state index contributed by atoms with van der Waals surface area (Å²) in [5.74, 6) is 0. The van der Waals surface area contributed by atoms with E-state index in [-0.39, 0.29) is 12.4 Å². The average molecular weight is 327 g/mol. The highest BCUT2D eigenvalue weighted by molar-refractivity contribution is 7.91. The molecule has 112 valence electrons. The summed E-state index contributed by atoms with van der Waals surface area (Å²) in [7, 11) is -3.45. The first-order valence-corrected chi connectivity index (χ1v) is 8.55. The predicted molar refractivity (Wildman–Crippen MR) is 83.6 cm³/mol. The fourth-order valence-corrected chi connectivity index (χ4v) is 4.60. The smallest absolute Gasteiger partial charge is 0.250 e. The van der Waals surface area contributed by atoms with E-state index in [4.69, 9.17) is 5.73 Å². The maximum atomic E-state index is 12.3. The first-order chi connectivity index (χ1) is 8.43. The Kier molecular flexibility index (Phi) is 7.54. The minimum Gasteiger partial charge on any atom is -0.329 e. The van der Waals surface area contributed by atoms with E-state index in [1.54, 1.807) is 6.07 Å². The van der Waals surface area contributed by atoms with Crippen LogP contribution in [0.1, 0.15) is 38.5 Å². The van der Waals surface area contributed by atoms with Gasteiger partial charge in [0.1, 0.15) is 4.21 Å². The molecule has 3 N–H and O–H groups in total. The van der Waals surface area contributed by atoms with Crippen LogP contribution in [-0.2, 0) is 16.4 Å². The monoisotopic (exact) mass is 326 g/mol. The van der Waals surface area contributed by atoms with Crippen molar-refractivity contribution in [3.05, 3.63) is 17.0 Å². The summed E-state index contributed by atoms with van der Waals surface area (Å²) in [6.07, 6.45) is 2.22. The SMILES string of the molecule is CCc1ccc(S(=O)(=O)NC(CC)(CC)CN)s1.Cl. The predicted octanol–water partition coefficient (Wildman–Crippen LogP) is 2.53. The van der Waals surface area contributed by atoms with Crippen LogP contribution in [0.15, 0.2) is 16.3 Å². The van der Waals surface area contributed by atoms with Crippen molar-refractivity contribution in [1.29, 1.82) is 0 Å². The molecule has 1 rings (SSSR count). The van der Waals surface area contributed by atoms with Gasteiger partial charge in [-0.1, -0.05) is 20.8 Å². The van der Waals surface area contributed by atoms with Gasteiger partial charge in [-0.05, 0) is 31.4 Å². The van der Waals surface area contributed by atoms with Crippen LogP contribution in [0.2, 0.25) is 0 Å². The molecule has 0 aromatic carbocycles. The molecule has 0 unspecified atom stereocenters. The van der Waals surface area contributed by atoms with Gasteiger partial charge in [0, 0.05) is 17.0 Å². The molecule has 1 aromatic heterocycles. The summed E-state index contributed by atoms with van der Waals surface area (Å²) in [6, 6.07) is 3.53. The van der Waals surface area contributed by atoms with Crippen molar-refractivity contribution >= 4 is 33.8 Å². The van der Waals surface area contributed by atoms with Crippen LogP contribution in [0.5, 0.6) is 0 Å². The molecule has 0 fully saturated rings. The van der Waals surface area contributed by atoms with E-state index in [0.29, 0.717) is 23.6 Å². The molecule has 0 aliphatic carbocycles. The maximum Gasteiger partial charge on any atom is 0.250 e. The minimum atomic E-state index is -3.45. The molecule has 1 heterocycles. The summed E-state index contributed by atoms with van der Waals surface area (Å²) in [5, 5.41) is 0. The molecule has 0 saturated heterocycles. The lowest BCUT2D eigenvalue weighted by Crippen LogP contribution is -2.52. The van der Waals surface area contributed by atoms with Crippen LogP contribution >= 0.6 is 23.7 Å². The first kappa shape index (κ1) is 18.9. The summed E-state index contributed by atoms with van der Waals surface area (Å²) in [6.45, 7) is 6.22. The van der Waals surface area contributed by atoms with Crippen molar-refractivity contribution < 1.29 is 8.42 Å². The maximum absolute atomic E-state index is 12.3. The number of aryl methyl sites for hydroxylation is 1. The van der Waals surface area contributed by atoms with Crippen LogP contribution in [0.3, 0.4) is 0 Å². The fourth-order valence-electron chi connectivity index (χ4n) is 1.75. The van der Waals surface area contributed by atoms with Gasteiger partial charge in [0.25, 0.3) is 10.0 Å². The standard InChI is InChI=1S/C12H22N2O2S2.ClH/c1-4-10-7-8-11(17-10)18(15,16)14-12(5-2,6-3)9-13;/h7-8,14H,4-6,9,13H2,1-3H3;1H. The molecular weight excluding hydrogens is 304 g/mol. The molecule has 0 aliphatic rings. The van der Waals surface area contributed by atoms with Crippen LogP contribution in [-0.4, -0.2) is 20.5 Å². The number of sulfonamides is 1. The highest BCUT2D eigenvalue weighted by Gasteiger charge is 2.31. The normalized spacial score (nSPS) is 12.2. The Morgan fingerprint density at radius 1 is 1.26 bits per heavy atom. The Morgan fingerprint density at radius 2 is 1.84 bits per heavy atom. The number of hydrogen-bond donors (Lipinski definition) is 2. The second-order valence-electron chi connectivity index (χ2n) is 4.37. The Bertz CT molecular complexity index is 473. The van der Waals surface area contributed by atoms with Crippen molar-refractivity contribution in [2.45, 2.75) is 49.8 Å². The van der Waals surface area contributed by atoms with E-state index >= 15 is 0 Å². The quantitative estimate of drug-likeness (QED) is 0.808. The van der Waals surface area contributed by atoms with Gasteiger partial charge in [-0.15, -0.1) is 23.7 Å². The van der Waals surface area contributed by atoms with Gasteiger partial charge in [-0.25, -0.2) is 13.1 Å². The third kappa shape index (κ3) is 4.43. The molecule has 0 radical (unpaired) electrons. The first-order valence-electron chi connectivity index (χ1n) is 6.25. The Labute approximate surface area is 126 Å². The number of thiophene rings is 1. The van der Waals surface area contributed by atoms with Crippen molar-refractivity contribution in [2.24, 2.45) is 5.73 Å². The van der Waals surface area contributed by atoms with Gasteiger partial charge >= 0.3 is 0 Å². The summed E-state index contributed by atoms with van der Waals surface area (Å²) >= 11 is 1.32. The second kappa shape index (κ2) is 7.59. The van der Waals surface area contributed by atoms with Gasteiger partial charge in [-0.3, -0.25) is 0 Å². The zero-order valence-corrected chi connectivity index (χ0v) is 14.1. The van der Waals surface area contributed by atoms with Crippen LogP contribution < -0.4 is 10.5 Å². The molecule has 0 spiro atoms. The molecule has 1 aromatic rings. The van der Waals surface area contributed by atoms with Gasteiger partial charge in [0.05, 0.1) is 0 Å². The molecule has 4 nitrogen and oxygen atoms in total. The lowest BCUT2D eigenvalue weighted by molar-refractivity contribution is 0.363. The Balaban J connectivity index is 0.00000324. The van der Waals surface area contributed by atoms with Gasteiger partial charge < -0.3 is 5.73 Å². The van der Waals surface area contributed by atoms with E-state index in [0.717, 1.165) is 11.3 Å². The lowest BCUT2D eigenvalue weighted by Gasteiger charge is -2.30. The van der Waals surface area contributed by atoms with Crippen LogP contribution in [0.4, 0.5) is 0 Å². The van der Waals surface area contributed by atoms with Crippen LogP contribution in [0.25, 0.3) is 0 Å². The third-order valence-electron chi connectivity index (χ3n) is 3.35. The zero-order valence-electron chi connectivity index (χ0n) is 11.6. The molecule has 19 heavy (non-hydrogen) atoms. The number of nitrogens with two attached hydrogens (primary N) is 1. The Hall–Kier alpha value is -0.140. The largest absolute Gasteiger partial charge is 0.329 e. The van der Waals surface area contributed by atoms with Crippen molar-refractivity contribution in [2.75, 3.05) is 6.54 Å². The molecule has 7 heteroatoms. The number of halogens is 1. The topological polar surface area (TPSA) is 72.2 Å². The Morgan fingerprint density at radius 3 is 2.21 bits per heavy atom. The zero-order chi connectivity index (χ0) is 13.8. The van der Waals surface area contributed by atoms with E-state index < -0.39 is 15.6 Å². The van der Waals surface area contributed by atoms with E-state index in [2.05, 4.69) is 4.72 Å². The van der Waals surface area contributed by atoms with Crippen LogP contribution in [0, 0.1) is 0 Å². The molecule has 0 amide bonds. The molecule has 0 bridgehead atoms. The van der Waals surface area contributed by atoms with Gasteiger partial charge in [-0.2, -0.15) is 0 Å². The molecule has 0 aliphatic heterocycles. The third-order valence-corrected chi connectivity index (χ3v) is 6.65. The highest BCUT2D eigenvalue weighted by atomic mass is 35.5. The molecular formula is C12H23ClN2O2S2. The summed E-state index contributed by atoms with van der Waals surface area (Å²) < 4.78 is 27.7. The molecule has 0 saturated carbocycles. The van der Waals surface area contributed by atoms with Crippen molar-refractivity contribution in [3.8, 4) is 0 Å². The minimum absolute atomic E-state index is 0. The lowest BCUT2D eigenvalue weighted by atomic mass is 9.95. The summed E-state index contributed by atoms with van der Waals surface area (Å²) in [4.78, 5) is 1.07. The van der Waals surface area contributed by atoms with E-state index in [1.807, 2.05) is 26.8 Å². The summed E-state index contributed by atoms with van der Waals surface area (Å²) in [5.41, 5.74) is 5.19. The number of nitrogens with one attached hydrogen (secondary N) is 1. The fraction of sp³-hybridized carbons (Fsp3) is 0.667. The highest BCUT2D eigenvalue weighted by Crippen LogP contribution is 2.24. The number of rotatable bonds is 7. The number of hydrogen-bond acceptors (Lipinski definition) is 4. The van der Waals surface area contributed by atoms with Gasteiger partial charge in [0.15, 0.2) is 0 Å². The van der Waals surface area contributed by atoms with E-state index in [1.165, 1.54) is 11.3 Å².